The van der Waals surface area contributed by atoms with Crippen LogP contribution in [0.15, 0.2) is 0 Å². The quantitative estimate of drug-likeness (QED) is 0.664. The van der Waals surface area contributed by atoms with E-state index in [-0.39, 0.29) is 18.6 Å². The third kappa shape index (κ3) is 1.95. The van der Waals surface area contributed by atoms with Gasteiger partial charge in [-0.3, -0.25) is 0 Å². The molecule has 1 aliphatic heterocycles. The van der Waals surface area contributed by atoms with Gasteiger partial charge in [-0.2, -0.15) is 0 Å². The summed E-state index contributed by atoms with van der Waals surface area (Å²) in [5.74, 6) is 0.457. The fourth-order valence-corrected chi connectivity index (χ4v) is 2.73. The first-order valence-corrected chi connectivity index (χ1v) is 5.64. The molecule has 2 fully saturated rings. The van der Waals surface area contributed by atoms with E-state index in [1.54, 1.807) is 0 Å². The van der Waals surface area contributed by atoms with E-state index in [0.29, 0.717) is 12.0 Å². The maximum absolute atomic E-state index is 9.44. The number of hydrogen-bond acceptors (Lipinski definition) is 3. The Kier molecular flexibility index (Phi) is 3.10. The summed E-state index contributed by atoms with van der Waals surface area (Å²) in [6, 6.07) is 0. The van der Waals surface area contributed by atoms with Crippen LogP contribution in [0.3, 0.4) is 0 Å². The molecule has 14 heavy (non-hydrogen) atoms. The van der Waals surface area contributed by atoms with Crippen molar-refractivity contribution in [3.63, 3.8) is 0 Å². The lowest BCUT2D eigenvalue weighted by atomic mass is 9.65. The van der Waals surface area contributed by atoms with Gasteiger partial charge in [0.1, 0.15) is 0 Å². The summed E-state index contributed by atoms with van der Waals surface area (Å²) in [5.41, 5.74) is -0.218. The Morgan fingerprint density at radius 3 is 2.50 bits per heavy atom. The molecule has 3 heteroatoms. The van der Waals surface area contributed by atoms with Gasteiger partial charge in [0.2, 0.25) is 0 Å². The van der Waals surface area contributed by atoms with E-state index in [1.165, 1.54) is 6.42 Å². The molecule has 82 valence electrons. The second kappa shape index (κ2) is 4.17. The highest BCUT2D eigenvalue weighted by Crippen LogP contribution is 2.44. The normalized spacial score (nSPS) is 35.6. The number of epoxide rings is 1. The van der Waals surface area contributed by atoms with E-state index in [2.05, 4.69) is 0 Å². The molecular formula is C11H20O3. The highest BCUT2D eigenvalue weighted by molar-refractivity contribution is 4.91. The zero-order chi connectivity index (χ0) is 10.0. The molecule has 2 rings (SSSR count). The van der Waals surface area contributed by atoms with E-state index in [0.717, 1.165) is 32.3 Å². The summed E-state index contributed by atoms with van der Waals surface area (Å²) in [7, 11) is 0. The molecule has 1 saturated carbocycles. The molecule has 0 aromatic rings. The summed E-state index contributed by atoms with van der Waals surface area (Å²) in [6.45, 7) is 1.13. The number of ether oxygens (including phenoxy) is 1. The fourth-order valence-electron chi connectivity index (χ4n) is 2.73. The molecule has 0 radical (unpaired) electrons. The summed E-state index contributed by atoms with van der Waals surface area (Å²) in [4.78, 5) is 0. The third-order valence-electron chi connectivity index (χ3n) is 3.92. The molecular weight excluding hydrogens is 180 g/mol. The van der Waals surface area contributed by atoms with Crippen molar-refractivity contribution in [2.45, 2.75) is 38.2 Å². The lowest BCUT2D eigenvalue weighted by Gasteiger charge is -2.41. The summed E-state index contributed by atoms with van der Waals surface area (Å²) in [6.07, 6.45) is 5.93. The van der Waals surface area contributed by atoms with Gasteiger partial charge in [-0.25, -0.2) is 0 Å². The van der Waals surface area contributed by atoms with Crippen LogP contribution in [0, 0.1) is 11.3 Å². The molecule has 2 N–H and O–H groups in total. The van der Waals surface area contributed by atoms with Gasteiger partial charge in [0.05, 0.1) is 25.9 Å². The van der Waals surface area contributed by atoms with Crippen LogP contribution in [0.2, 0.25) is 0 Å². The fraction of sp³-hybridized carbons (Fsp3) is 1.00. The summed E-state index contributed by atoms with van der Waals surface area (Å²) < 4.78 is 5.23. The smallest absolute Gasteiger partial charge is 0.0812 e. The van der Waals surface area contributed by atoms with Crippen LogP contribution >= 0.6 is 0 Å². The number of aliphatic hydroxyl groups is 2. The van der Waals surface area contributed by atoms with Gasteiger partial charge >= 0.3 is 0 Å². The Labute approximate surface area is 85.1 Å². The third-order valence-corrected chi connectivity index (χ3v) is 3.92. The molecule has 0 aromatic heterocycles. The van der Waals surface area contributed by atoms with E-state index in [1.807, 2.05) is 0 Å². The minimum atomic E-state index is -0.218. The Bertz CT molecular complexity index is 185. The largest absolute Gasteiger partial charge is 0.396 e. The molecule has 1 saturated heterocycles. The van der Waals surface area contributed by atoms with Crippen molar-refractivity contribution in [1.29, 1.82) is 0 Å². The predicted octanol–water partition coefficient (Wildman–Crippen LogP) is 0.936. The van der Waals surface area contributed by atoms with E-state index < -0.39 is 0 Å². The summed E-state index contributed by atoms with van der Waals surface area (Å²) >= 11 is 0. The van der Waals surface area contributed by atoms with Gasteiger partial charge in [0.15, 0.2) is 0 Å². The molecule has 2 aliphatic rings. The van der Waals surface area contributed by atoms with Crippen LogP contribution in [0.4, 0.5) is 0 Å². The minimum absolute atomic E-state index is 0.126. The average Bonchev–Trinajstić information content (AvgIpc) is 3.03. The lowest BCUT2D eigenvalue weighted by molar-refractivity contribution is -0.0300. The SMILES string of the molecule is OCC1(CO)CCCCC1CC1CO1. The number of rotatable bonds is 4. The van der Waals surface area contributed by atoms with Gasteiger partial charge in [-0.1, -0.05) is 12.8 Å². The Morgan fingerprint density at radius 1 is 1.21 bits per heavy atom. The minimum Gasteiger partial charge on any atom is -0.396 e. The molecule has 1 heterocycles. The van der Waals surface area contributed by atoms with Crippen molar-refractivity contribution in [3.8, 4) is 0 Å². The van der Waals surface area contributed by atoms with Gasteiger partial charge in [0, 0.05) is 5.41 Å². The highest BCUT2D eigenvalue weighted by atomic mass is 16.6. The monoisotopic (exact) mass is 200 g/mol. The van der Waals surface area contributed by atoms with Crippen LogP contribution in [-0.2, 0) is 4.74 Å². The Balaban J connectivity index is 2.00. The van der Waals surface area contributed by atoms with Gasteiger partial charge < -0.3 is 14.9 Å². The second-order valence-electron chi connectivity index (χ2n) is 4.81. The average molecular weight is 200 g/mol. The van der Waals surface area contributed by atoms with Crippen LogP contribution in [0.5, 0.6) is 0 Å². The maximum Gasteiger partial charge on any atom is 0.0812 e. The number of aliphatic hydroxyl groups excluding tert-OH is 2. The van der Waals surface area contributed by atoms with Crippen molar-refractivity contribution in [1.82, 2.24) is 0 Å². The van der Waals surface area contributed by atoms with Crippen molar-refractivity contribution in [2.75, 3.05) is 19.8 Å². The molecule has 1 aliphatic carbocycles. The molecule has 2 unspecified atom stereocenters. The van der Waals surface area contributed by atoms with E-state index in [9.17, 15) is 10.2 Å². The molecule has 0 amide bonds. The maximum atomic E-state index is 9.44. The standard InChI is InChI=1S/C11H20O3/c12-7-11(8-13)4-2-1-3-9(11)5-10-6-14-10/h9-10,12-13H,1-8H2. The van der Waals surface area contributed by atoms with E-state index in [4.69, 9.17) is 4.74 Å². The Morgan fingerprint density at radius 2 is 1.93 bits per heavy atom. The zero-order valence-electron chi connectivity index (χ0n) is 8.61. The topological polar surface area (TPSA) is 53.0 Å². The molecule has 2 atom stereocenters. The number of hydrogen-bond donors (Lipinski definition) is 2. The first-order chi connectivity index (χ1) is 6.80. The molecule has 3 nitrogen and oxygen atoms in total. The molecule has 0 aromatic carbocycles. The lowest BCUT2D eigenvalue weighted by Crippen LogP contribution is -2.41. The van der Waals surface area contributed by atoms with Gasteiger partial charge in [0.25, 0.3) is 0 Å². The first-order valence-electron chi connectivity index (χ1n) is 5.64. The molecule has 0 bridgehead atoms. The highest BCUT2D eigenvalue weighted by Gasteiger charge is 2.42. The van der Waals surface area contributed by atoms with Crippen LogP contribution in [-0.4, -0.2) is 36.1 Å². The van der Waals surface area contributed by atoms with Gasteiger partial charge in [-0.15, -0.1) is 0 Å². The summed E-state index contributed by atoms with van der Waals surface area (Å²) in [5, 5.41) is 18.9. The molecule has 0 spiro atoms. The van der Waals surface area contributed by atoms with Crippen molar-refractivity contribution >= 4 is 0 Å². The first kappa shape index (κ1) is 10.4. The second-order valence-corrected chi connectivity index (χ2v) is 4.81. The van der Waals surface area contributed by atoms with Crippen LogP contribution in [0.1, 0.15) is 32.1 Å². The predicted molar refractivity (Wildman–Crippen MR) is 52.9 cm³/mol. The van der Waals surface area contributed by atoms with Crippen molar-refractivity contribution in [2.24, 2.45) is 11.3 Å². The Hall–Kier alpha value is -0.120. The zero-order valence-corrected chi connectivity index (χ0v) is 8.61. The van der Waals surface area contributed by atoms with Crippen molar-refractivity contribution < 1.29 is 14.9 Å². The van der Waals surface area contributed by atoms with E-state index >= 15 is 0 Å². The van der Waals surface area contributed by atoms with Gasteiger partial charge in [-0.05, 0) is 25.2 Å². The van der Waals surface area contributed by atoms with Crippen molar-refractivity contribution in [3.05, 3.63) is 0 Å². The van der Waals surface area contributed by atoms with Crippen LogP contribution in [0.25, 0.3) is 0 Å². The van der Waals surface area contributed by atoms with Crippen LogP contribution < -0.4 is 0 Å².